The molecule has 0 spiro atoms. The van der Waals surface area contributed by atoms with Crippen LogP contribution in [0.25, 0.3) is 0 Å². The monoisotopic (exact) mass is 206 g/mol. The molecule has 14 heavy (non-hydrogen) atoms. The van der Waals surface area contributed by atoms with Crippen LogP contribution in [0.1, 0.15) is 5.69 Å². The lowest BCUT2D eigenvalue weighted by atomic mass is 10.3. The van der Waals surface area contributed by atoms with E-state index < -0.39 is 0 Å². The number of aromatic nitrogens is 1. The van der Waals surface area contributed by atoms with E-state index in [1.165, 1.54) is 0 Å². The predicted octanol–water partition coefficient (Wildman–Crippen LogP) is 3.02. The average molecular weight is 206 g/mol. The van der Waals surface area contributed by atoms with Crippen molar-refractivity contribution in [2.24, 2.45) is 0 Å². The van der Waals surface area contributed by atoms with Gasteiger partial charge in [0.2, 0.25) is 0 Å². The lowest BCUT2D eigenvalue weighted by molar-refractivity contribution is 0.576. The zero-order valence-corrected chi connectivity index (χ0v) is 8.58. The van der Waals surface area contributed by atoms with Gasteiger partial charge in [-0.1, -0.05) is 12.1 Å². The molecular weight excluding hydrogens is 196 g/mol. The Morgan fingerprint density at radius 1 is 1.36 bits per heavy atom. The smallest absolute Gasteiger partial charge is 0.299 e. The molecule has 0 aliphatic carbocycles. The van der Waals surface area contributed by atoms with Crippen molar-refractivity contribution in [3.05, 3.63) is 36.2 Å². The van der Waals surface area contributed by atoms with Gasteiger partial charge in [-0.3, -0.25) is 0 Å². The fourth-order valence-electron chi connectivity index (χ4n) is 1.11. The fraction of sp³-hybridized carbons (Fsp3) is 0.100. The minimum atomic E-state index is 0.490. The molecule has 2 aromatic rings. The number of oxazole rings is 1. The zero-order chi connectivity index (χ0) is 9.97. The maximum Gasteiger partial charge on any atom is 0.299 e. The molecule has 2 rings (SSSR count). The van der Waals surface area contributed by atoms with Crippen LogP contribution in [0.2, 0.25) is 0 Å². The van der Waals surface area contributed by atoms with Crippen LogP contribution in [-0.4, -0.2) is 4.98 Å². The van der Waals surface area contributed by atoms with E-state index in [1.54, 1.807) is 6.26 Å². The highest BCUT2D eigenvalue weighted by Crippen LogP contribution is 2.22. The summed E-state index contributed by atoms with van der Waals surface area (Å²) in [6.45, 7) is 1.88. The van der Waals surface area contributed by atoms with Crippen molar-refractivity contribution in [1.29, 1.82) is 0 Å². The van der Waals surface area contributed by atoms with E-state index in [-0.39, 0.29) is 0 Å². The molecule has 0 fully saturated rings. The van der Waals surface area contributed by atoms with Crippen molar-refractivity contribution >= 4 is 24.3 Å². The van der Waals surface area contributed by atoms with Crippen molar-refractivity contribution in [2.75, 3.05) is 5.32 Å². The Kier molecular flexibility index (Phi) is 2.45. The van der Waals surface area contributed by atoms with E-state index in [0.717, 1.165) is 16.3 Å². The SMILES string of the molecule is Cc1coc(Nc2ccccc2S)n1. The first-order chi connectivity index (χ1) is 6.75. The van der Waals surface area contributed by atoms with Gasteiger partial charge in [-0.15, -0.1) is 12.6 Å². The molecule has 0 saturated carbocycles. The molecule has 1 N–H and O–H groups in total. The molecule has 1 heterocycles. The van der Waals surface area contributed by atoms with Crippen molar-refractivity contribution in [3.8, 4) is 0 Å². The standard InChI is InChI=1S/C10H10N2OS/c1-7-6-13-10(11-7)12-8-4-2-3-5-9(8)14/h2-6,14H,1H3,(H,11,12). The molecule has 3 nitrogen and oxygen atoms in total. The third-order valence-electron chi connectivity index (χ3n) is 1.76. The average Bonchev–Trinajstić information content (AvgIpc) is 2.56. The van der Waals surface area contributed by atoms with Crippen molar-refractivity contribution in [3.63, 3.8) is 0 Å². The Labute approximate surface area is 87.6 Å². The second-order valence-electron chi connectivity index (χ2n) is 2.94. The highest BCUT2D eigenvalue weighted by atomic mass is 32.1. The zero-order valence-electron chi connectivity index (χ0n) is 7.69. The summed E-state index contributed by atoms with van der Waals surface area (Å²) in [5.41, 5.74) is 1.74. The Bertz CT molecular complexity index is 439. The number of nitrogens with zero attached hydrogens (tertiary/aromatic N) is 1. The number of aryl methyl sites for hydroxylation is 1. The number of thiol groups is 1. The summed E-state index contributed by atoms with van der Waals surface area (Å²) in [5.74, 6) is 0. The third kappa shape index (κ3) is 1.90. The van der Waals surface area contributed by atoms with Crippen molar-refractivity contribution < 1.29 is 4.42 Å². The highest BCUT2D eigenvalue weighted by molar-refractivity contribution is 7.80. The summed E-state index contributed by atoms with van der Waals surface area (Å²) in [5, 5.41) is 3.04. The Morgan fingerprint density at radius 2 is 2.14 bits per heavy atom. The number of hydrogen-bond donors (Lipinski definition) is 2. The maximum atomic E-state index is 5.17. The van der Waals surface area contributed by atoms with Gasteiger partial charge in [-0.25, -0.2) is 0 Å². The summed E-state index contributed by atoms with van der Waals surface area (Å²) < 4.78 is 5.17. The minimum Gasteiger partial charge on any atom is -0.432 e. The van der Waals surface area contributed by atoms with Crippen LogP contribution in [0.4, 0.5) is 11.7 Å². The topological polar surface area (TPSA) is 38.1 Å². The number of hydrogen-bond acceptors (Lipinski definition) is 4. The summed E-state index contributed by atoms with van der Waals surface area (Å²) in [7, 11) is 0. The van der Waals surface area contributed by atoms with Gasteiger partial charge in [0.15, 0.2) is 0 Å². The molecule has 0 radical (unpaired) electrons. The molecule has 4 heteroatoms. The highest BCUT2D eigenvalue weighted by Gasteiger charge is 2.02. The normalized spacial score (nSPS) is 10.1. The number of para-hydroxylation sites is 1. The summed E-state index contributed by atoms with van der Waals surface area (Å²) in [6, 6.07) is 8.17. The van der Waals surface area contributed by atoms with Gasteiger partial charge < -0.3 is 9.73 Å². The van der Waals surface area contributed by atoms with E-state index in [4.69, 9.17) is 4.42 Å². The van der Waals surface area contributed by atoms with Gasteiger partial charge in [0.1, 0.15) is 6.26 Å². The van der Waals surface area contributed by atoms with Gasteiger partial charge in [-0.05, 0) is 19.1 Å². The summed E-state index contributed by atoms with van der Waals surface area (Å²) >= 11 is 4.30. The Balaban J connectivity index is 2.23. The minimum absolute atomic E-state index is 0.490. The first-order valence-corrected chi connectivity index (χ1v) is 4.67. The van der Waals surface area contributed by atoms with Gasteiger partial charge in [0, 0.05) is 4.90 Å². The van der Waals surface area contributed by atoms with Crippen molar-refractivity contribution in [2.45, 2.75) is 11.8 Å². The van der Waals surface area contributed by atoms with Crippen LogP contribution < -0.4 is 5.32 Å². The molecule has 0 aliphatic rings. The molecule has 72 valence electrons. The van der Waals surface area contributed by atoms with E-state index in [1.807, 2.05) is 31.2 Å². The lowest BCUT2D eigenvalue weighted by Crippen LogP contribution is -1.91. The number of anilines is 2. The Hall–Kier alpha value is -1.42. The van der Waals surface area contributed by atoms with Gasteiger partial charge in [0.05, 0.1) is 11.4 Å². The van der Waals surface area contributed by atoms with Crippen LogP contribution in [-0.2, 0) is 0 Å². The van der Waals surface area contributed by atoms with Crippen LogP contribution in [0, 0.1) is 6.92 Å². The molecule has 0 atom stereocenters. The predicted molar refractivity (Wildman–Crippen MR) is 58.2 cm³/mol. The van der Waals surface area contributed by atoms with Gasteiger partial charge >= 0.3 is 0 Å². The Morgan fingerprint density at radius 3 is 2.79 bits per heavy atom. The largest absolute Gasteiger partial charge is 0.432 e. The summed E-state index contributed by atoms with van der Waals surface area (Å²) in [4.78, 5) is 5.00. The summed E-state index contributed by atoms with van der Waals surface area (Å²) in [6.07, 6.45) is 1.60. The number of rotatable bonds is 2. The number of benzene rings is 1. The van der Waals surface area contributed by atoms with Crippen LogP contribution in [0.3, 0.4) is 0 Å². The quantitative estimate of drug-likeness (QED) is 0.742. The van der Waals surface area contributed by atoms with Crippen LogP contribution in [0.5, 0.6) is 0 Å². The van der Waals surface area contributed by atoms with E-state index in [2.05, 4.69) is 22.9 Å². The second-order valence-corrected chi connectivity index (χ2v) is 3.42. The second kappa shape index (κ2) is 3.75. The molecule has 0 aliphatic heterocycles. The molecular formula is C10H10N2OS. The van der Waals surface area contributed by atoms with Crippen LogP contribution >= 0.6 is 12.6 Å². The van der Waals surface area contributed by atoms with Gasteiger partial charge in [-0.2, -0.15) is 4.98 Å². The molecule has 1 aromatic heterocycles. The molecule has 0 unspecified atom stereocenters. The molecule has 0 bridgehead atoms. The third-order valence-corrected chi connectivity index (χ3v) is 2.15. The van der Waals surface area contributed by atoms with Gasteiger partial charge in [0.25, 0.3) is 6.01 Å². The molecule has 0 amide bonds. The molecule has 0 saturated heterocycles. The van der Waals surface area contributed by atoms with E-state index in [0.29, 0.717) is 6.01 Å². The first kappa shape index (κ1) is 9.15. The fourth-order valence-corrected chi connectivity index (χ4v) is 1.32. The lowest BCUT2D eigenvalue weighted by Gasteiger charge is -2.03. The maximum absolute atomic E-state index is 5.17. The number of nitrogens with one attached hydrogen (secondary N) is 1. The van der Waals surface area contributed by atoms with E-state index >= 15 is 0 Å². The van der Waals surface area contributed by atoms with E-state index in [9.17, 15) is 0 Å². The van der Waals surface area contributed by atoms with Crippen molar-refractivity contribution in [1.82, 2.24) is 4.98 Å². The molecule has 1 aromatic carbocycles. The van der Waals surface area contributed by atoms with Crippen LogP contribution in [0.15, 0.2) is 39.8 Å². The first-order valence-electron chi connectivity index (χ1n) is 4.23.